The van der Waals surface area contributed by atoms with E-state index in [0.717, 1.165) is 25.7 Å². The molecule has 1 heterocycles. The quantitative estimate of drug-likeness (QED) is 0.528. The van der Waals surface area contributed by atoms with Crippen LogP contribution >= 0.6 is 23.2 Å². The minimum atomic E-state index is -0.662. The Labute approximate surface area is 176 Å². The Balaban J connectivity index is 2.06. The molecule has 1 atom stereocenters. The molecule has 0 aromatic heterocycles. The normalized spacial score (nSPS) is 21.0. The Morgan fingerprint density at radius 1 is 1.21 bits per heavy atom. The maximum absolute atomic E-state index is 12.8. The van der Waals surface area contributed by atoms with Crippen LogP contribution in [0.2, 0.25) is 10.0 Å². The van der Waals surface area contributed by atoms with E-state index < -0.39 is 17.5 Å². The van der Waals surface area contributed by atoms with Gasteiger partial charge in [-0.1, -0.05) is 55.5 Å². The third-order valence-electron chi connectivity index (χ3n) is 5.86. The van der Waals surface area contributed by atoms with Crippen LogP contribution in [0.4, 0.5) is 0 Å². The third-order valence-corrected chi connectivity index (χ3v) is 6.41. The van der Waals surface area contributed by atoms with Gasteiger partial charge in [-0.2, -0.15) is 0 Å². The summed E-state index contributed by atoms with van der Waals surface area (Å²) in [5.74, 6) is -0.426. The molecule has 1 saturated carbocycles. The molecule has 6 heteroatoms. The average Bonchev–Trinajstić information content (AvgIpc) is 2.98. The summed E-state index contributed by atoms with van der Waals surface area (Å²) in [4.78, 5) is 25.6. The second kappa shape index (κ2) is 8.46. The number of halogens is 2. The second-order valence-corrected chi connectivity index (χ2v) is 9.06. The van der Waals surface area contributed by atoms with Gasteiger partial charge in [0.15, 0.2) is 11.9 Å². The molecule has 0 spiro atoms. The van der Waals surface area contributed by atoms with Crippen molar-refractivity contribution in [2.24, 2.45) is 11.3 Å². The molecule has 0 amide bonds. The van der Waals surface area contributed by atoms with Crippen LogP contribution in [0.25, 0.3) is 5.57 Å². The van der Waals surface area contributed by atoms with Crippen LogP contribution in [0.3, 0.4) is 0 Å². The lowest BCUT2D eigenvalue weighted by atomic mass is 9.84. The van der Waals surface area contributed by atoms with E-state index in [2.05, 4.69) is 0 Å². The molecular formula is C22H26Cl2O4. The molecule has 3 rings (SSSR count). The van der Waals surface area contributed by atoms with Crippen molar-refractivity contribution in [1.82, 2.24) is 0 Å². The van der Waals surface area contributed by atoms with Crippen LogP contribution in [-0.2, 0) is 19.1 Å². The van der Waals surface area contributed by atoms with Crippen molar-refractivity contribution < 1.29 is 19.1 Å². The molecule has 0 N–H and O–H groups in total. The Morgan fingerprint density at radius 2 is 1.89 bits per heavy atom. The molecule has 28 heavy (non-hydrogen) atoms. The van der Waals surface area contributed by atoms with Crippen molar-refractivity contribution in [2.45, 2.75) is 65.4 Å². The minimum absolute atomic E-state index is 0.147. The SMILES string of the molecule is CCC(C)(C)C(=O)OC1=C(c2ccc(Cl)cc2Cl)C(=O)OC1C1CCCCC1. The van der Waals surface area contributed by atoms with Gasteiger partial charge < -0.3 is 9.47 Å². The molecule has 1 fully saturated rings. The predicted molar refractivity (Wildman–Crippen MR) is 110 cm³/mol. The highest BCUT2D eigenvalue weighted by atomic mass is 35.5. The van der Waals surface area contributed by atoms with E-state index in [1.165, 1.54) is 6.42 Å². The van der Waals surface area contributed by atoms with Crippen LogP contribution in [0.1, 0.15) is 64.9 Å². The van der Waals surface area contributed by atoms with E-state index in [9.17, 15) is 9.59 Å². The summed E-state index contributed by atoms with van der Waals surface area (Å²) in [5.41, 5.74) is 0.0500. The highest BCUT2D eigenvalue weighted by molar-refractivity contribution is 6.37. The number of hydrogen-bond donors (Lipinski definition) is 0. The zero-order chi connectivity index (χ0) is 20.5. The summed E-state index contributed by atoms with van der Waals surface area (Å²) < 4.78 is 11.6. The molecule has 4 nitrogen and oxygen atoms in total. The standard InChI is InChI=1S/C22H26Cl2O4/c1-4-22(2,3)21(26)28-19-17(15-11-10-14(23)12-16(15)24)20(25)27-18(19)13-8-6-5-7-9-13/h10-13,18H,4-9H2,1-3H3. The lowest BCUT2D eigenvalue weighted by Crippen LogP contribution is -2.31. The van der Waals surface area contributed by atoms with Crippen molar-refractivity contribution >= 4 is 40.7 Å². The fourth-order valence-electron chi connectivity index (χ4n) is 3.64. The van der Waals surface area contributed by atoms with Crippen LogP contribution in [0.15, 0.2) is 24.0 Å². The van der Waals surface area contributed by atoms with Gasteiger partial charge in [0.25, 0.3) is 0 Å². The van der Waals surface area contributed by atoms with Gasteiger partial charge in [-0.05, 0) is 45.2 Å². The van der Waals surface area contributed by atoms with E-state index in [0.29, 0.717) is 27.8 Å². The number of benzene rings is 1. The van der Waals surface area contributed by atoms with Gasteiger partial charge in [0.05, 0.1) is 10.4 Å². The first-order valence-corrected chi connectivity index (χ1v) is 10.6. The van der Waals surface area contributed by atoms with Crippen molar-refractivity contribution in [2.75, 3.05) is 0 Å². The molecular weight excluding hydrogens is 399 g/mol. The number of carbonyl (C=O) groups excluding carboxylic acids is 2. The number of cyclic esters (lactones) is 1. The summed E-state index contributed by atoms with van der Waals surface area (Å²) in [6.07, 6.45) is 5.30. The van der Waals surface area contributed by atoms with Crippen LogP contribution in [0, 0.1) is 11.3 Å². The number of carbonyl (C=O) groups is 2. The summed E-state index contributed by atoms with van der Waals surface area (Å²) in [6.45, 7) is 5.59. The molecule has 1 aliphatic carbocycles. The zero-order valence-electron chi connectivity index (χ0n) is 16.5. The first-order chi connectivity index (χ1) is 13.2. The molecule has 1 aromatic rings. The van der Waals surface area contributed by atoms with E-state index in [-0.39, 0.29) is 17.5 Å². The maximum Gasteiger partial charge on any atom is 0.343 e. The first-order valence-electron chi connectivity index (χ1n) is 9.87. The summed E-state index contributed by atoms with van der Waals surface area (Å²) >= 11 is 12.4. The fourth-order valence-corrected chi connectivity index (χ4v) is 4.15. The van der Waals surface area contributed by atoms with Gasteiger partial charge in [0.1, 0.15) is 5.57 Å². The predicted octanol–water partition coefficient (Wildman–Crippen LogP) is 6.19. The van der Waals surface area contributed by atoms with Crippen molar-refractivity contribution in [1.29, 1.82) is 0 Å². The van der Waals surface area contributed by atoms with Gasteiger partial charge in [0, 0.05) is 16.5 Å². The van der Waals surface area contributed by atoms with E-state index in [1.54, 1.807) is 18.2 Å². The largest absolute Gasteiger partial charge is 0.450 e. The third kappa shape index (κ3) is 4.23. The van der Waals surface area contributed by atoms with Gasteiger partial charge in [-0.15, -0.1) is 0 Å². The molecule has 0 radical (unpaired) electrons. The van der Waals surface area contributed by atoms with Gasteiger partial charge in [-0.3, -0.25) is 4.79 Å². The lowest BCUT2D eigenvalue weighted by Gasteiger charge is -2.29. The molecule has 1 unspecified atom stereocenters. The molecule has 1 aliphatic heterocycles. The topological polar surface area (TPSA) is 52.6 Å². The molecule has 1 aromatic carbocycles. The van der Waals surface area contributed by atoms with Crippen molar-refractivity contribution in [3.05, 3.63) is 39.6 Å². The number of rotatable bonds is 5. The molecule has 152 valence electrons. The first kappa shape index (κ1) is 21.2. The number of hydrogen-bond acceptors (Lipinski definition) is 4. The van der Waals surface area contributed by atoms with Crippen LogP contribution in [-0.4, -0.2) is 18.0 Å². The maximum atomic E-state index is 12.8. The van der Waals surface area contributed by atoms with Crippen LogP contribution in [0.5, 0.6) is 0 Å². The van der Waals surface area contributed by atoms with Gasteiger partial charge in [-0.25, -0.2) is 4.79 Å². The van der Waals surface area contributed by atoms with E-state index in [1.807, 2.05) is 20.8 Å². The zero-order valence-corrected chi connectivity index (χ0v) is 18.0. The van der Waals surface area contributed by atoms with Crippen LogP contribution < -0.4 is 0 Å². The van der Waals surface area contributed by atoms with Gasteiger partial charge >= 0.3 is 11.9 Å². The smallest absolute Gasteiger partial charge is 0.343 e. The Kier molecular flexibility index (Phi) is 6.41. The van der Waals surface area contributed by atoms with E-state index in [4.69, 9.17) is 32.7 Å². The monoisotopic (exact) mass is 424 g/mol. The fraction of sp³-hybridized carbons (Fsp3) is 0.545. The molecule has 0 saturated heterocycles. The molecule has 2 aliphatic rings. The van der Waals surface area contributed by atoms with E-state index >= 15 is 0 Å². The lowest BCUT2D eigenvalue weighted by molar-refractivity contribution is -0.154. The van der Waals surface area contributed by atoms with Crippen molar-refractivity contribution in [3.63, 3.8) is 0 Å². The summed E-state index contributed by atoms with van der Waals surface area (Å²) in [5, 5.41) is 0.794. The average molecular weight is 425 g/mol. The Bertz CT molecular complexity index is 807. The minimum Gasteiger partial charge on any atom is -0.450 e. The number of ether oxygens (including phenoxy) is 2. The van der Waals surface area contributed by atoms with Gasteiger partial charge in [0.2, 0.25) is 0 Å². The number of esters is 2. The Hall–Kier alpha value is -1.52. The second-order valence-electron chi connectivity index (χ2n) is 8.21. The van der Waals surface area contributed by atoms with Crippen molar-refractivity contribution in [3.8, 4) is 0 Å². The molecule has 0 bridgehead atoms. The summed E-state index contributed by atoms with van der Waals surface area (Å²) in [6, 6.07) is 4.90. The summed E-state index contributed by atoms with van der Waals surface area (Å²) in [7, 11) is 0. The highest BCUT2D eigenvalue weighted by Crippen LogP contribution is 2.42. The Morgan fingerprint density at radius 3 is 2.50 bits per heavy atom. The highest BCUT2D eigenvalue weighted by Gasteiger charge is 2.44.